The highest BCUT2D eigenvalue weighted by Gasteiger charge is 2.53. The Morgan fingerprint density at radius 1 is 1.47 bits per heavy atom. The molecule has 1 heterocycles. The fraction of sp³-hybridized carbons (Fsp3) is 0.769. The lowest BCUT2D eigenvalue weighted by atomic mass is 10.0. The van der Waals surface area contributed by atoms with Crippen molar-refractivity contribution < 1.29 is 0 Å². The Morgan fingerprint density at radius 2 is 2.18 bits per heavy atom. The maximum atomic E-state index is 5.75. The van der Waals surface area contributed by atoms with Crippen molar-refractivity contribution in [3.8, 4) is 0 Å². The molecule has 0 saturated heterocycles. The average molecular weight is 234 g/mol. The molecular weight excluding hydrogens is 212 g/mol. The number of nitrogens with two attached hydrogens (primary N) is 1. The third-order valence-electron chi connectivity index (χ3n) is 4.62. The van der Waals surface area contributed by atoms with Crippen molar-refractivity contribution in [2.24, 2.45) is 30.6 Å². The Balaban J connectivity index is 1.64. The van der Waals surface area contributed by atoms with Gasteiger partial charge in [0.2, 0.25) is 0 Å². The monoisotopic (exact) mass is 234 g/mol. The van der Waals surface area contributed by atoms with Gasteiger partial charge in [0.1, 0.15) is 0 Å². The number of rotatable bonds is 4. The van der Waals surface area contributed by atoms with Crippen LogP contribution in [0.4, 0.5) is 0 Å². The summed E-state index contributed by atoms with van der Waals surface area (Å²) in [6.45, 7) is 0. The van der Waals surface area contributed by atoms with Crippen LogP contribution in [-0.4, -0.2) is 15.8 Å². The summed E-state index contributed by atoms with van der Waals surface area (Å²) in [6, 6.07) is 0.437. The van der Waals surface area contributed by atoms with Crippen molar-refractivity contribution in [1.29, 1.82) is 0 Å². The van der Waals surface area contributed by atoms with Crippen LogP contribution in [0, 0.1) is 17.8 Å². The van der Waals surface area contributed by atoms with Gasteiger partial charge in [0.05, 0.1) is 6.20 Å². The largest absolute Gasteiger partial charge is 0.276 e. The summed E-state index contributed by atoms with van der Waals surface area (Å²) in [4.78, 5) is 0. The van der Waals surface area contributed by atoms with Gasteiger partial charge >= 0.3 is 0 Å². The molecule has 2 saturated carbocycles. The number of nitrogens with zero attached hydrogens (tertiary/aromatic N) is 2. The molecule has 3 unspecified atom stereocenters. The molecule has 4 nitrogen and oxygen atoms in total. The fourth-order valence-corrected chi connectivity index (χ4v) is 3.78. The number of aromatic nitrogens is 2. The first kappa shape index (κ1) is 11.2. The van der Waals surface area contributed by atoms with Crippen LogP contribution in [0.1, 0.15) is 31.2 Å². The molecule has 2 aliphatic rings. The summed E-state index contributed by atoms with van der Waals surface area (Å²) in [5.74, 6) is 8.45. The molecule has 94 valence electrons. The zero-order chi connectivity index (χ0) is 11.8. The van der Waals surface area contributed by atoms with Crippen molar-refractivity contribution in [1.82, 2.24) is 15.2 Å². The highest BCUT2D eigenvalue weighted by molar-refractivity contribution is 5.11. The third kappa shape index (κ3) is 2.11. The van der Waals surface area contributed by atoms with Crippen LogP contribution in [0.2, 0.25) is 0 Å². The van der Waals surface area contributed by atoms with E-state index < -0.39 is 0 Å². The van der Waals surface area contributed by atoms with E-state index in [9.17, 15) is 0 Å². The van der Waals surface area contributed by atoms with Crippen LogP contribution < -0.4 is 11.3 Å². The van der Waals surface area contributed by atoms with E-state index in [0.29, 0.717) is 6.04 Å². The average Bonchev–Trinajstić information content (AvgIpc) is 2.93. The van der Waals surface area contributed by atoms with E-state index in [2.05, 4.69) is 16.7 Å². The highest BCUT2D eigenvalue weighted by Crippen LogP contribution is 2.57. The van der Waals surface area contributed by atoms with E-state index in [-0.39, 0.29) is 0 Å². The smallest absolute Gasteiger partial charge is 0.0522 e. The number of hydrogen-bond acceptors (Lipinski definition) is 3. The van der Waals surface area contributed by atoms with Crippen molar-refractivity contribution >= 4 is 0 Å². The Kier molecular flexibility index (Phi) is 2.92. The van der Waals surface area contributed by atoms with Gasteiger partial charge in [-0.15, -0.1) is 0 Å². The number of aryl methyl sites for hydroxylation is 1. The summed E-state index contributed by atoms with van der Waals surface area (Å²) in [6.07, 6.45) is 10.7. The van der Waals surface area contributed by atoms with E-state index in [4.69, 9.17) is 5.84 Å². The second kappa shape index (κ2) is 4.42. The first-order chi connectivity index (χ1) is 8.29. The number of nitrogens with one attached hydrogen (secondary N) is 1. The molecule has 1 aromatic heterocycles. The van der Waals surface area contributed by atoms with Crippen LogP contribution in [0.15, 0.2) is 12.4 Å². The van der Waals surface area contributed by atoms with E-state index in [1.165, 1.54) is 31.2 Å². The quantitative estimate of drug-likeness (QED) is 0.608. The Morgan fingerprint density at radius 3 is 2.71 bits per heavy atom. The van der Waals surface area contributed by atoms with Gasteiger partial charge in [-0.2, -0.15) is 5.10 Å². The standard InChI is InChI=1S/C13H22N4/c1-17-8-9(7-15-17)6-12(16-14)13-10-4-2-3-5-11(10)13/h7-8,10-13,16H,2-6,14H2,1H3. The van der Waals surface area contributed by atoms with E-state index in [0.717, 1.165) is 24.2 Å². The molecular formula is C13H22N4. The van der Waals surface area contributed by atoms with Gasteiger partial charge in [-0.3, -0.25) is 16.0 Å². The van der Waals surface area contributed by atoms with E-state index in [1.54, 1.807) is 0 Å². The summed E-state index contributed by atoms with van der Waals surface area (Å²) >= 11 is 0. The summed E-state index contributed by atoms with van der Waals surface area (Å²) in [7, 11) is 1.96. The molecule has 0 radical (unpaired) electrons. The van der Waals surface area contributed by atoms with Crippen LogP contribution in [0.3, 0.4) is 0 Å². The second-order valence-corrected chi connectivity index (χ2v) is 5.69. The van der Waals surface area contributed by atoms with Crippen LogP contribution in [0.25, 0.3) is 0 Å². The zero-order valence-electron chi connectivity index (χ0n) is 10.5. The predicted molar refractivity (Wildman–Crippen MR) is 67.0 cm³/mol. The number of fused-ring (bicyclic) bond motifs is 1. The van der Waals surface area contributed by atoms with Gasteiger partial charge in [-0.25, -0.2) is 0 Å². The first-order valence-corrected chi connectivity index (χ1v) is 6.73. The van der Waals surface area contributed by atoms with Gasteiger partial charge in [-0.05, 0) is 42.6 Å². The summed E-state index contributed by atoms with van der Waals surface area (Å²) in [5.41, 5.74) is 4.33. The summed E-state index contributed by atoms with van der Waals surface area (Å²) in [5, 5.41) is 4.22. The van der Waals surface area contributed by atoms with E-state index in [1.807, 2.05) is 17.9 Å². The highest BCUT2D eigenvalue weighted by atomic mass is 15.3. The molecule has 0 aliphatic heterocycles. The minimum absolute atomic E-state index is 0.437. The van der Waals surface area contributed by atoms with Crippen molar-refractivity contribution in [3.63, 3.8) is 0 Å². The van der Waals surface area contributed by atoms with Gasteiger partial charge in [0.15, 0.2) is 0 Å². The van der Waals surface area contributed by atoms with E-state index >= 15 is 0 Å². The lowest BCUT2D eigenvalue weighted by molar-refractivity contribution is 0.437. The van der Waals surface area contributed by atoms with Crippen LogP contribution >= 0.6 is 0 Å². The fourth-order valence-electron chi connectivity index (χ4n) is 3.78. The SMILES string of the molecule is Cn1cc(CC(NN)C2C3CCCCC32)cn1. The van der Waals surface area contributed by atoms with Gasteiger partial charge in [-0.1, -0.05) is 12.8 Å². The lowest BCUT2D eigenvalue weighted by Gasteiger charge is -2.15. The van der Waals surface area contributed by atoms with Crippen molar-refractivity contribution in [2.45, 2.75) is 38.1 Å². The Labute approximate surface area is 103 Å². The molecule has 4 heteroatoms. The lowest BCUT2D eigenvalue weighted by Crippen LogP contribution is -2.39. The molecule has 3 rings (SSSR count). The zero-order valence-corrected chi connectivity index (χ0v) is 10.5. The summed E-state index contributed by atoms with van der Waals surface area (Å²) < 4.78 is 1.86. The first-order valence-electron chi connectivity index (χ1n) is 6.73. The topological polar surface area (TPSA) is 55.9 Å². The Hall–Kier alpha value is -0.870. The molecule has 2 fully saturated rings. The molecule has 2 aliphatic carbocycles. The van der Waals surface area contributed by atoms with Crippen molar-refractivity contribution in [3.05, 3.63) is 18.0 Å². The number of hydrogen-bond donors (Lipinski definition) is 2. The molecule has 0 amide bonds. The molecule has 1 aromatic rings. The minimum Gasteiger partial charge on any atom is -0.276 e. The van der Waals surface area contributed by atoms with Gasteiger partial charge < -0.3 is 0 Å². The van der Waals surface area contributed by atoms with Crippen LogP contribution in [0.5, 0.6) is 0 Å². The normalized spacial score (nSPS) is 33.2. The maximum absolute atomic E-state index is 5.75. The van der Waals surface area contributed by atoms with Gasteiger partial charge in [0.25, 0.3) is 0 Å². The second-order valence-electron chi connectivity index (χ2n) is 5.69. The number of hydrazine groups is 1. The maximum Gasteiger partial charge on any atom is 0.0522 e. The van der Waals surface area contributed by atoms with Gasteiger partial charge in [0, 0.05) is 19.3 Å². The molecule has 3 N–H and O–H groups in total. The van der Waals surface area contributed by atoms with Crippen LogP contribution in [-0.2, 0) is 13.5 Å². The predicted octanol–water partition coefficient (Wildman–Crippen LogP) is 1.23. The molecule has 3 atom stereocenters. The molecule has 0 bridgehead atoms. The van der Waals surface area contributed by atoms with Crippen molar-refractivity contribution in [2.75, 3.05) is 0 Å². The molecule has 0 aromatic carbocycles. The molecule has 17 heavy (non-hydrogen) atoms. The third-order valence-corrected chi connectivity index (χ3v) is 4.62. The minimum atomic E-state index is 0.437. The molecule has 0 spiro atoms. The Bertz CT molecular complexity index is 375.